The van der Waals surface area contributed by atoms with Crippen LogP contribution in [0.25, 0.3) is 22.3 Å². The Labute approximate surface area is 171 Å². The molecule has 6 heteroatoms. The fourth-order valence-electron chi connectivity index (χ4n) is 3.07. The van der Waals surface area contributed by atoms with Crippen molar-refractivity contribution in [1.29, 1.82) is 31.6 Å². The zero-order valence-corrected chi connectivity index (χ0v) is 15.3. The van der Waals surface area contributed by atoms with Gasteiger partial charge in [-0.2, -0.15) is 31.6 Å². The summed E-state index contributed by atoms with van der Waals surface area (Å²) in [6.07, 6.45) is 0. The Morgan fingerprint density at radius 1 is 0.433 bits per heavy atom. The van der Waals surface area contributed by atoms with Gasteiger partial charge in [-0.3, -0.25) is 0 Å². The summed E-state index contributed by atoms with van der Waals surface area (Å²) in [5, 5.41) is 57.1. The normalized spacial score (nSPS) is 10.9. The smallest absolute Gasteiger partial charge is 0.138 e. The number of rotatable bonds is 0. The summed E-state index contributed by atoms with van der Waals surface area (Å²) in [7, 11) is 0. The van der Waals surface area contributed by atoms with Gasteiger partial charge in [0.15, 0.2) is 0 Å². The lowest BCUT2D eigenvalue weighted by molar-refractivity contribution is 1.46. The minimum Gasteiger partial charge on any atom is -0.192 e. The largest absolute Gasteiger partial charge is 0.192 e. The maximum atomic E-state index is 9.32. The van der Waals surface area contributed by atoms with E-state index in [0.717, 1.165) is 21.6 Å². The second-order valence-electron chi connectivity index (χ2n) is 6.08. The van der Waals surface area contributed by atoms with E-state index >= 15 is 0 Å². The Morgan fingerprint density at radius 2 is 0.733 bits per heavy atom. The van der Waals surface area contributed by atoms with Crippen LogP contribution in [0.1, 0.15) is 0 Å². The highest BCUT2D eigenvalue weighted by Gasteiger charge is 2.35. The molecule has 134 valence electrons. The Bertz CT molecular complexity index is 1440. The molecule has 0 radical (unpaired) electrons. The summed E-state index contributed by atoms with van der Waals surface area (Å²) in [5.41, 5.74) is 1.97. The average Bonchev–Trinajstić information content (AvgIpc) is 3.52. The van der Waals surface area contributed by atoms with Gasteiger partial charge in [0.25, 0.3) is 0 Å². The fourth-order valence-corrected chi connectivity index (χ4v) is 3.07. The molecule has 0 atom stereocenters. The van der Waals surface area contributed by atoms with Crippen LogP contribution in [0.15, 0.2) is 59.7 Å². The first-order chi connectivity index (χ1) is 14.6. The van der Waals surface area contributed by atoms with Gasteiger partial charge >= 0.3 is 0 Å². The van der Waals surface area contributed by atoms with E-state index in [0.29, 0.717) is 16.0 Å². The van der Waals surface area contributed by atoms with Crippen molar-refractivity contribution in [3.63, 3.8) is 0 Å². The number of nitrogens with zero attached hydrogens (tertiary/aromatic N) is 6. The molecule has 0 bridgehead atoms. The number of benzene rings is 2. The Hall–Kier alpha value is -5.40. The Kier molecular flexibility index (Phi) is 5.22. The molecule has 0 heterocycles. The van der Waals surface area contributed by atoms with Crippen LogP contribution >= 0.6 is 0 Å². The molecule has 6 nitrogen and oxygen atoms in total. The van der Waals surface area contributed by atoms with Crippen molar-refractivity contribution in [2.24, 2.45) is 0 Å². The molecular formula is C24H8N6. The summed E-state index contributed by atoms with van der Waals surface area (Å²) >= 11 is 0. The highest BCUT2D eigenvalue weighted by Crippen LogP contribution is 2.47. The molecule has 0 aliphatic heterocycles. The third kappa shape index (κ3) is 3.29. The molecule has 0 spiro atoms. The van der Waals surface area contributed by atoms with Gasteiger partial charge in [0.2, 0.25) is 0 Å². The van der Waals surface area contributed by atoms with Gasteiger partial charge in [-0.15, -0.1) is 0 Å². The van der Waals surface area contributed by atoms with Crippen LogP contribution in [0.4, 0.5) is 0 Å². The first-order valence-corrected chi connectivity index (χ1v) is 8.48. The molecule has 0 unspecified atom stereocenters. The maximum Gasteiger partial charge on any atom is 0.138 e. The number of hydrogen-bond donors (Lipinski definition) is 0. The van der Waals surface area contributed by atoms with Crippen molar-refractivity contribution in [3.8, 4) is 36.4 Å². The fraction of sp³-hybridized carbons (Fsp3) is 0. The van der Waals surface area contributed by atoms with Crippen LogP contribution in [0.2, 0.25) is 0 Å². The molecule has 1 saturated carbocycles. The van der Waals surface area contributed by atoms with Crippen molar-refractivity contribution in [1.82, 2.24) is 0 Å². The van der Waals surface area contributed by atoms with Gasteiger partial charge in [-0.25, -0.2) is 0 Å². The van der Waals surface area contributed by atoms with Crippen molar-refractivity contribution in [2.75, 3.05) is 0 Å². The molecule has 1 aliphatic carbocycles. The van der Waals surface area contributed by atoms with Crippen molar-refractivity contribution >= 4 is 22.3 Å². The summed E-state index contributed by atoms with van der Waals surface area (Å²) in [5.74, 6) is 0. The number of allylic oxidation sites excluding steroid dienone is 2. The zero-order valence-electron chi connectivity index (χ0n) is 15.3. The summed E-state index contributed by atoms with van der Waals surface area (Å²) in [4.78, 5) is 0. The predicted molar refractivity (Wildman–Crippen MR) is 106 cm³/mol. The van der Waals surface area contributed by atoms with Crippen LogP contribution < -0.4 is 20.9 Å². The molecule has 3 rings (SSSR count). The molecule has 1 fully saturated rings. The molecule has 0 amide bonds. The molecule has 1 aliphatic rings. The van der Waals surface area contributed by atoms with Crippen LogP contribution in [0.3, 0.4) is 0 Å². The van der Waals surface area contributed by atoms with Crippen molar-refractivity contribution < 1.29 is 0 Å². The molecule has 30 heavy (non-hydrogen) atoms. The lowest BCUT2D eigenvalue weighted by atomic mass is 10.1. The SMILES string of the molecule is N#CC(C#N)=C1C(=c2ccc(=C(C#N)C#N)cc2)C1=c1ccc(=C(C#N)C#N)cc1. The Morgan fingerprint density at radius 3 is 1.00 bits per heavy atom. The molecular weight excluding hydrogens is 372 g/mol. The molecule has 0 saturated heterocycles. The molecule has 0 N–H and O–H groups in total. The number of hydrogen-bond acceptors (Lipinski definition) is 6. The van der Waals surface area contributed by atoms with E-state index in [1.807, 2.05) is 36.4 Å². The van der Waals surface area contributed by atoms with Crippen LogP contribution in [0, 0.1) is 68.0 Å². The molecule has 0 aromatic heterocycles. The van der Waals surface area contributed by atoms with E-state index in [9.17, 15) is 10.5 Å². The van der Waals surface area contributed by atoms with E-state index in [-0.39, 0.29) is 16.7 Å². The van der Waals surface area contributed by atoms with Gasteiger partial charge in [-0.05, 0) is 10.4 Å². The Balaban J connectivity index is 2.36. The number of nitriles is 6. The second kappa shape index (κ2) is 8.09. The molecule has 2 aromatic carbocycles. The predicted octanol–water partition coefficient (Wildman–Crippen LogP) is 0.441. The van der Waals surface area contributed by atoms with Gasteiger partial charge in [0, 0.05) is 27.2 Å². The minimum atomic E-state index is -0.0178. The van der Waals surface area contributed by atoms with Crippen molar-refractivity contribution in [2.45, 2.75) is 0 Å². The lowest BCUT2D eigenvalue weighted by Crippen LogP contribution is -2.11. The van der Waals surface area contributed by atoms with Gasteiger partial charge in [-0.1, -0.05) is 48.5 Å². The third-order valence-electron chi connectivity index (χ3n) is 4.53. The zero-order chi connectivity index (χ0) is 21.7. The third-order valence-corrected chi connectivity index (χ3v) is 4.53. The van der Waals surface area contributed by atoms with E-state index < -0.39 is 0 Å². The average molecular weight is 380 g/mol. The second-order valence-corrected chi connectivity index (χ2v) is 6.08. The highest BCUT2D eigenvalue weighted by atomic mass is 14.4. The van der Waals surface area contributed by atoms with Crippen LogP contribution in [-0.4, -0.2) is 0 Å². The quantitative estimate of drug-likeness (QED) is 0.607. The first kappa shape index (κ1) is 19.4. The highest BCUT2D eigenvalue weighted by molar-refractivity contribution is 6.29. The lowest BCUT2D eigenvalue weighted by Gasteiger charge is -1.88. The van der Waals surface area contributed by atoms with Gasteiger partial charge < -0.3 is 0 Å². The summed E-state index contributed by atoms with van der Waals surface area (Å²) in [6.45, 7) is 0. The minimum absolute atomic E-state index is 0.00492. The van der Waals surface area contributed by atoms with Gasteiger partial charge in [0.1, 0.15) is 53.1 Å². The van der Waals surface area contributed by atoms with E-state index in [1.54, 1.807) is 48.5 Å². The first-order valence-electron chi connectivity index (χ1n) is 8.48. The van der Waals surface area contributed by atoms with Crippen LogP contribution in [-0.2, 0) is 0 Å². The molecule has 2 aromatic rings. The van der Waals surface area contributed by atoms with E-state index in [1.165, 1.54) is 0 Å². The van der Waals surface area contributed by atoms with Gasteiger partial charge in [0.05, 0.1) is 0 Å². The van der Waals surface area contributed by atoms with E-state index in [2.05, 4.69) is 0 Å². The van der Waals surface area contributed by atoms with Crippen molar-refractivity contribution in [3.05, 3.63) is 80.6 Å². The monoisotopic (exact) mass is 380 g/mol. The summed E-state index contributed by atoms with van der Waals surface area (Å²) < 4.78 is 0. The standard InChI is InChI=1S/C24H8N6/c25-9-19(10-26)15-1-5-17(6-2-15)22-23(24(22)21(13-29)14-30)18-7-3-16(4-8-18)20(11-27)12-28/h1-8H. The van der Waals surface area contributed by atoms with Crippen LogP contribution in [0.5, 0.6) is 0 Å². The topological polar surface area (TPSA) is 143 Å². The maximum absolute atomic E-state index is 9.32. The summed E-state index contributed by atoms with van der Waals surface area (Å²) in [6, 6.07) is 24.6. The van der Waals surface area contributed by atoms with E-state index in [4.69, 9.17) is 21.0 Å².